The van der Waals surface area contributed by atoms with Crippen molar-refractivity contribution in [2.75, 3.05) is 12.1 Å². The van der Waals surface area contributed by atoms with E-state index in [9.17, 15) is 4.79 Å². The zero-order chi connectivity index (χ0) is 19.8. The van der Waals surface area contributed by atoms with Crippen LogP contribution in [0.25, 0.3) is 27.9 Å². The number of aryl methyl sites for hydroxylation is 1. The molecule has 0 saturated heterocycles. The van der Waals surface area contributed by atoms with Gasteiger partial charge in [-0.15, -0.1) is 0 Å². The maximum Gasteiger partial charge on any atom is 0.248 e. The molecule has 5 heteroatoms. The van der Waals surface area contributed by atoms with Crippen LogP contribution in [-0.2, 0) is 11.3 Å². The molecule has 4 aromatic rings. The van der Waals surface area contributed by atoms with Gasteiger partial charge in [0.1, 0.15) is 0 Å². The van der Waals surface area contributed by atoms with E-state index < -0.39 is 0 Å². The fraction of sp³-hybridized carbons (Fsp3) is 0.125. The third kappa shape index (κ3) is 3.10. The Morgan fingerprint density at radius 2 is 1.83 bits per heavy atom. The monoisotopic (exact) mass is 384 g/mol. The number of ether oxygens (including phenoxy) is 2. The summed E-state index contributed by atoms with van der Waals surface area (Å²) in [6.45, 7) is 3.27. The molecule has 144 valence electrons. The highest BCUT2D eigenvalue weighted by Gasteiger charge is 2.13. The molecule has 3 aromatic carbocycles. The van der Waals surface area contributed by atoms with Crippen molar-refractivity contribution >= 4 is 39.5 Å². The molecular formula is C24H20N2O3. The summed E-state index contributed by atoms with van der Waals surface area (Å²) >= 11 is 0. The summed E-state index contributed by atoms with van der Waals surface area (Å²) in [7, 11) is 0. The molecule has 0 saturated carbocycles. The van der Waals surface area contributed by atoms with Gasteiger partial charge in [-0.25, -0.2) is 0 Å². The highest BCUT2D eigenvalue weighted by Crippen LogP contribution is 2.33. The van der Waals surface area contributed by atoms with Crippen molar-refractivity contribution in [1.82, 2.24) is 4.57 Å². The van der Waals surface area contributed by atoms with Crippen LogP contribution in [0.3, 0.4) is 0 Å². The Balaban J connectivity index is 1.40. The molecule has 0 atom stereocenters. The molecule has 1 aliphatic rings. The number of para-hydroxylation sites is 1. The summed E-state index contributed by atoms with van der Waals surface area (Å²) in [6.07, 6.45) is 3.29. The summed E-state index contributed by atoms with van der Waals surface area (Å²) in [6, 6.07) is 20.0. The Labute approximate surface area is 168 Å². The summed E-state index contributed by atoms with van der Waals surface area (Å²) in [5.74, 6) is 1.25. The van der Waals surface area contributed by atoms with Gasteiger partial charge in [-0.05, 0) is 55.0 Å². The molecule has 1 N–H and O–H groups in total. The quantitative estimate of drug-likeness (QED) is 0.492. The Morgan fingerprint density at radius 3 is 2.72 bits per heavy atom. The van der Waals surface area contributed by atoms with E-state index in [4.69, 9.17) is 9.47 Å². The number of carbonyl (C=O) groups excluding carboxylic acids is 1. The smallest absolute Gasteiger partial charge is 0.248 e. The first kappa shape index (κ1) is 17.4. The standard InChI is InChI=1S/C24H20N2O3/c1-2-26-20-6-4-3-5-18(20)19-14-17(9-10-21(19)26)25-24(27)12-8-16-7-11-22-23(13-16)29-15-28-22/h3-14H,2,15H2,1H3,(H,25,27)/b12-8+. The Bertz CT molecular complexity index is 1270. The van der Waals surface area contributed by atoms with Crippen LogP contribution in [0.5, 0.6) is 11.5 Å². The van der Waals surface area contributed by atoms with Crippen molar-refractivity contribution in [3.63, 3.8) is 0 Å². The largest absolute Gasteiger partial charge is 0.454 e. The lowest BCUT2D eigenvalue weighted by molar-refractivity contribution is -0.111. The number of nitrogens with zero attached hydrogens (tertiary/aromatic N) is 1. The molecule has 0 fully saturated rings. The lowest BCUT2D eigenvalue weighted by Crippen LogP contribution is -2.07. The molecule has 5 rings (SSSR count). The zero-order valence-corrected chi connectivity index (χ0v) is 16.0. The zero-order valence-electron chi connectivity index (χ0n) is 16.0. The van der Waals surface area contributed by atoms with Gasteiger partial charge in [-0.3, -0.25) is 4.79 Å². The molecule has 0 aliphatic carbocycles. The first-order valence-corrected chi connectivity index (χ1v) is 9.62. The van der Waals surface area contributed by atoms with Gasteiger partial charge < -0.3 is 19.4 Å². The number of anilines is 1. The second-order valence-corrected chi connectivity index (χ2v) is 6.93. The van der Waals surface area contributed by atoms with E-state index in [1.54, 1.807) is 6.08 Å². The highest BCUT2D eigenvalue weighted by atomic mass is 16.7. The lowest BCUT2D eigenvalue weighted by Gasteiger charge is -2.05. The Kier molecular flexibility index (Phi) is 4.21. The number of benzene rings is 3. The topological polar surface area (TPSA) is 52.5 Å². The molecule has 1 aromatic heterocycles. The number of fused-ring (bicyclic) bond motifs is 4. The average molecular weight is 384 g/mol. The summed E-state index contributed by atoms with van der Waals surface area (Å²) in [4.78, 5) is 12.4. The molecule has 1 aliphatic heterocycles. The first-order valence-electron chi connectivity index (χ1n) is 9.62. The van der Waals surface area contributed by atoms with Crippen molar-refractivity contribution in [2.24, 2.45) is 0 Å². The van der Waals surface area contributed by atoms with Crippen molar-refractivity contribution in [1.29, 1.82) is 0 Å². The van der Waals surface area contributed by atoms with E-state index in [0.29, 0.717) is 5.75 Å². The van der Waals surface area contributed by atoms with Crippen LogP contribution in [0, 0.1) is 0 Å². The van der Waals surface area contributed by atoms with Gasteiger partial charge in [0, 0.05) is 40.1 Å². The number of rotatable bonds is 4. The molecule has 5 nitrogen and oxygen atoms in total. The Hall–Kier alpha value is -3.73. The van der Waals surface area contributed by atoms with Crippen LogP contribution in [0.4, 0.5) is 5.69 Å². The molecule has 0 unspecified atom stereocenters. The van der Waals surface area contributed by atoms with Crippen molar-refractivity contribution in [3.8, 4) is 11.5 Å². The van der Waals surface area contributed by atoms with Gasteiger partial charge in [0.25, 0.3) is 0 Å². The van der Waals surface area contributed by atoms with Gasteiger partial charge in [0.05, 0.1) is 0 Å². The number of hydrogen-bond acceptors (Lipinski definition) is 3. The summed E-state index contributed by atoms with van der Waals surface area (Å²) in [5.41, 5.74) is 4.03. The average Bonchev–Trinajstić information content (AvgIpc) is 3.34. The minimum absolute atomic E-state index is 0.179. The minimum Gasteiger partial charge on any atom is -0.454 e. The van der Waals surface area contributed by atoms with Crippen LogP contribution in [0.15, 0.2) is 66.7 Å². The van der Waals surface area contributed by atoms with Crippen LogP contribution < -0.4 is 14.8 Å². The molecule has 29 heavy (non-hydrogen) atoms. The van der Waals surface area contributed by atoms with E-state index >= 15 is 0 Å². The SMILES string of the molecule is CCn1c2ccccc2c2cc(NC(=O)/C=C/c3ccc4c(c3)OCO4)ccc21. The van der Waals surface area contributed by atoms with Crippen LogP contribution >= 0.6 is 0 Å². The first-order chi connectivity index (χ1) is 14.2. The fourth-order valence-electron chi connectivity index (χ4n) is 3.84. The second kappa shape index (κ2) is 7.02. The van der Waals surface area contributed by atoms with Crippen LogP contribution in [-0.4, -0.2) is 17.3 Å². The molecule has 1 amide bonds. The van der Waals surface area contributed by atoms with Gasteiger partial charge in [0.2, 0.25) is 12.7 Å². The normalized spacial score (nSPS) is 12.9. The number of hydrogen-bond donors (Lipinski definition) is 1. The lowest BCUT2D eigenvalue weighted by atomic mass is 10.1. The third-order valence-corrected chi connectivity index (χ3v) is 5.18. The fourth-order valence-corrected chi connectivity index (χ4v) is 3.84. The predicted molar refractivity (Wildman–Crippen MR) is 115 cm³/mol. The van der Waals surface area contributed by atoms with E-state index in [0.717, 1.165) is 28.9 Å². The molecule has 0 radical (unpaired) electrons. The number of carbonyl (C=O) groups is 1. The van der Waals surface area contributed by atoms with Gasteiger partial charge in [-0.2, -0.15) is 0 Å². The molecule has 0 bridgehead atoms. The maximum atomic E-state index is 12.4. The van der Waals surface area contributed by atoms with E-state index in [1.807, 2.05) is 36.4 Å². The number of aromatic nitrogens is 1. The number of amides is 1. The maximum absolute atomic E-state index is 12.4. The van der Waals surface area contributed by atoms with E-state index in [2.05, 4.69) is 41.1 Å². The van der Waals surface area contributed by atoms with Crippen LogP contribution in [0.2, 0.25) is 0 Å². The van der Waals surface area contributed by atoms with E-state index in [-0.39, 0.29) is 12.7 Å². The highest BCUT2D eigenvalue weighted by molar-refractivity contribution is 6.10. The number of nitrogens with one attached hydrogen (secondary N) is 1. The van der Waals surface area contributed by atoms with Crippen LogP contribution in [0.1, 0.15) is 12.5 Å². The summed E-state index contributed by atoms with van der Waals surface area (Å²) in [5, 5.41) is 5.29. The van der Waals surface area contributed by atoms with Crippen molar-refractivity contribution in [2.45, 2.75) is 13.5 Å². The molecule has 2 heterocycles. The molecule has 0 spiro atoms. The molecular weight excluding hydrogens is 364 g/mol. The van der Waals surface area contributed by atoms with Crippen molar-refractivity contribution < 1.29 is 14.3 Å². The Morgan fingerprint density at radius 1 is 1.00 bits per heavy atom. The van der Waals surface area contributed by atoms with Gasteiger partial charge in [-0.1, -0.05) is 24.3 Å². The van der Waals surface area contributed by atoms with Gasteiger partial charge in [0.15, 0.2) is 11.5 Å². The summed E-state index contributed by atoms with van der Waals surface area (Å²) < 4.78 is 13.0. The minimum atomic E-state index is -0.179. The second-order valence-electron chi connectivity index (χ2n) is 6.93. The predicted octanol–water partition coefficient (Wildman–Crippen LogP) is 5.20. The third-order valence-electron chi connectivity index (χ3n) is 5.18. The van der Waals surface area contributed by atoms with Gasteiger partial charge >= 0.3 is 0 Å². The van der Waals surface area contributed by atoms with Crippen molar-refractivity contribution in [3.05, 3.63) is 72.3 Å². The van der Waals surface area contributed by atoms with E-state index in [1.165, 1.54) is 22.5 Å².